The lowest BCUT2D eigenvalue weighted by molar-refractivity contribution is -0.00168. The molecule has 2 aromatic rings. The first-order chi connectivity index (χ1) is 13.3. The quantitative estimate of drug-likeness (QED) is 0.877. The van der Waals surface area contributed by atoms with Crippen LogP contribution in [-0.2, 0) is 17.9 Å². The fourth-order valence-corrected chi connectivity index (χ4v) is 3.29. The Hall–Kier alpha value is -2.80. The van der Waals surface area contributed by atoms with E-state index in [1.807, 2.05) is 41.3 Å². The summed E-state index contributed by atoms with van der Waals surface area (Å²) in [6, 6.07) is 11.4. The van der Waals surface area contributed by atoms with Crippen LogP contribution in [0.5, 0.6) is 11.5 Å². The highest BCUT2D eigenvalue weighted by Gasteiger charge is 2.24. The van der Waals surface area contributed by atoms with Crippen LogP contribution in [0.4, 0.5) is 4.79 Å². The number of nitrogens with zero attached hydrogens (tertiary/aromatic N) is 2. The Morgan fingerprint density at radius 2 is 2.19 bits per heavy atom. The molecule has 1 aromatic heterocycles. The molecule has 0 radical (unpaired) electrons. The van der Waals surface area contributed by atoms with Gasteiger partial charge in [0, 0.05) is 25.8 Å². The Bertz CT molecular complexity index is 784. The van der Waals surface area contributed by atoms with Crippen molar-refractivity contribution in [2.75, 3.05) is 19.9 Å². The number of rotatable bonds is 5. The number of carbonyl (C=O) groups is 1. The number of benzene rings is 1. The molecule has 0 aliphatic carbocycles. The number of fused-ring (bicyclic) bond motifs is 1. The number of hydrogen-bond donors (Lipinski definition) is 1. The molecule has 7 nitrogen and oxygen atoms in total. The van der Waals surface area contributed by atoms with Gasteiger partial charge in [-0.25, -0.2) is 4.79 Å². The third-order valence-corrected chi connectivity index (χ3v) is 4.74. The van der Waals surface area contributed by atoms with Gasteiger partial charge in [0.15, 0.2) is 11.5 Å². The van der Waals surface area contributed by atoms with Crippen LogP contribution >= 0.6 is 0 Å². The van der Waals surface area contributed by atoms with Gasteiger partial charge in [-0.05, 0) is 42.7 Å². The molecule has 7 heteroatoms. The van der Waals surface area contributed by atoms with Crippen LogP contribution in [-0.4, -0.2) is 41.9 Å². The Kier molecular flexibility index (Phi) is 5.39. The summed E-state index contributed by atoms with van der Waals surface area (Å²) in [5, 5.41) is 2.98. The molecule has 1 atom stereocenters. The Balaban J connectivity index is 1.25. The molecule has 2 amide bonds. The average molecular weight is 369 g/mol. The number of nitrogens with one attached hydrogen (secondary N) is 1. The maximum Gasteiger partial charge on any atom is 0.317 e. The van der Waals surface area contributed by atoms with Crippen molar-refractivity contribution in [2.24, 2.45) is 0 Å². The zero-order chi connectivity index (χ0) is 18.5. The molecular formula is C20H23N3O4. The smallest absolute Gasteiger partial charge is 0.317 e. The average Bonchev–Trinajstić information content (AvgIpc) is 3.19. The number of carbonyl (C=O) groups excluding carboxylic acids is 1. The fourth-order valence-electron chi connectivity index (χ4n) is 3.29. The Labute approximate surface area is 158 Å². The zero-order valence-corrected chi connectivity index (χ0v) is 15.1. The number of hydrogen-bond acceptors (Lipinski definition) is 5. The SMILES string of the molecule is O=C(NCc1ccc2c(c1)OCO2)N1CCCC(OCc2ccccn2)C1. The summed E-state index contributed by atoms with van der Waals surface area (Å²) >= 11 is 0. The van der Waals surface area contributed by atoms with E-state index in [-0.39, 0.29) is 18.9 Å². The van der Waals surface area contributed by atoms with E-state index in [4.69, 9.17) is 14.2 Å². The largest absolute Gasteiger partial charge is 0.454 e. The lowest BCUT2D eigenvalue weighted by atomic mass is 10.1. The highest BCUT2D eigenvalue weighted by atomic mass is 16.7. The molecule has 1 unspecified atom stereocenters. The second-order valence-electron chi connectivity index (χ2n) is 6.69. The molecule has 27 heavy (non-hydrogen) atoms. The van der Waals surface area contributed by atoms with Crippen molar-refractivity contribution in [1.29, 1.82) is 0 Å². The van der Waals surface area contributed by atoms with E-state index in [1.54, 1.807) is 6.20 Å². The zero-order valence-electron chi connectivity index (χ0n) is 15.1. The predicted molar refractivity (Wildman–Crippen MR) is 98.4 cm³/mol. The van der Waals surface area contributed by atoms with Gasteiger partial charge in [-0.1, -0.05) is 12.1 Å². The standard InChI is InChI=1S/C20H23N3O4/c24-20(22-11-15-6-7-18-19(10-15)27-14-26-18)23-9-3-5-17(12-23)25-13-16-4-1-2-8-21-16/h1-2,4,6-8,10,17H,3,5,9,11-14H2,(H,22,24). The van der Waals surface area contributed by atoms with Gasteiger partial charge in [-0.2, -0.15) is 0 Å². The molecule has 4 rings (SSSR count). The van der Waals surface area contributed by atoms with Crippen LogP contribution < -0.4 is 14.8 Å². The molecule has 1 N–H and O–H groups in total. The molecule has 2 aliphatic heterocycles. The minimum Gasteiger partial charge on any atom is -0.454 e. The van der Waals surface area contributed by atoms with E-state index in [2.05, 4.69) is 10.3 Å². The van der Waals surface area contributed by atoms with Gasteiger partial charge < -0.3 is 24.4 Å². The van der Waals surface area contributed by atoms with E-state index in [9.17, 15) is 4.79 Å². The predicted octanol–water partition coefficient (Wildman–Crippen LogP) is 2.70. The number of urea groups is 1. The number of amides is 2. The number of pyridine rings is 1. The summed E-state index contributed by atoms with van der Waals surface area (Å²) in [6.45, 7) is 2.51. The van der Waals surface area contributed by atoms with Gasteiger partial charge in [0.25, 0.3) is 0 Å². The Morgan fingerprint density at radius 3 is 3.07 bits per heavy atom. The molecule has 2 aliphatic rings. The highest BCUT2D eigenvalue weighted by molar-refractivity contribution is 5.74. The topological polar surface area (TPSA) is 72.9 Å². The van der Waals surface area contributed by atoms with Crippen LogP contribution in [0.3, 0.4) is 0 Å². The van der Waals surface area contributed by atoms with Crippen LogP contribution in [0.1, 0.15) is 24.1 Å². The molecule has 1 aromatic carbocycles. The van der Waals surface area contributed by atoms with Crippen LogP contribution in [0.2, 0.25) is 0 Å². The van der Waals surface area contributed by atoms with Gasteiger partial charge in [-0.3, -0.25) is 4.98 Å². The van der Waals surface area contributed by atoms with Crippen molar-refractivity contribution < 1.29 is 19.0 Å². The fraction of sp³-hybridized carbons (Fsp3) is 0.400. The van der Waals surface area contributed by atoms with Crippen molar-refractivity contribution in [3.8, 4) is 11.5 Å². The number of aromatic nitrogens is 1. The molecule has 1 saturated heterocycles. The summed E-state index contributed by atoms with van der Waals surface area (Å²) in [7, 11) is 0. The second kappa shape index (κ2) is 8.26. The maximum absolute atomic E-state index is 12.5. The molecule has 0 saturated carbocycles. The van der Waals surface area contributed by atoms with Gasteiger partial charge in [0.05, 0.1) is 18.4 Å². The third kappa shape index (κ3) is 4.49. The van der Waals surface area contributed by atoms with E-state index < -0.39 is 0 Å². The first-order valence-corrected chi connectivity index (χ1v) is 9.21. The van der Waals surface area contributed by atoms with Crippen LogP contribution in [0.15, 0.2) is 42.6 Å². The van der Waals surface area contributed by atoms with E-state index >= 15 is 0 Å². The van der Waals surface area contributed by atoms with Crippen LogP contribution in [0.25, 0.3) is 0 Å². The van der Waals surface area contributed by atoms with Gasteiger partial charge in [0.1, 0.15) is 0 Å². The third-order valence-electron chi connectivity index (χ3n) is 4.74. The van der Waals surface area contributed by atoms with Crippen molar-refractivity contribution in [3.63, 3.8) is 0 Å². The van der Waals surface area contributed by atoms with Crippen molar-refractivity contribution >= 4 is 6.03 Å². The normalized spacial score (nSPS) is 18.4. The summed E-state index contributed by atoms with van der Waals surface area (Å²) in [5.41, 5.74) is 1.88. The molecule has 1 fully saturated rings. The first-order valence-electron chi connectivity index (χ1n) is 9.21. The monoisotopic (exact) mass is 369 g/mol. The summed E-state index contributed by atoms with van der Waals surface area (Å²) in [4.78, 5) is 18.6. The molecule has 142 valence electrons. The Morgan fingerprint density at radius 1 is 1.26 bits per heavy atom. The number of piperidine rings is 1. The molecular weight excluding hydrogens is 346 g/mol. The minimum atomic E-state index is -0.0706. The van der Waals surface area contributed by atoms with Crippen LogP contribution in [0, 0.1) is 0 Å². The van der Waals surface area contributed by atoms with Crippen molar-refractivity contribution in [1.82, 2.24) is 15.2 Å². The van der Waals surface area contributed by atoms with Crippen molar-refractivity contribution in [3.05, 3.63) is 53.9 Å². The summed E-state index contributed by atoms with van der Waals surface area (Å²) in [6.07, 6.45) is 3.69. The van der Waals surface area contributed by atoms with E-state index in [0.29, 0.717) is 19.7 Å². The molecule has 3 heterocycles. The second-order valence-corrected chi connectivity index (χ2v) is 6.69. The number of likely N-dealkylation sites (tertiary alicyclic amines) is 1. The number of ether oxygens (including phenoxy) is 3. The van der Waals surface area contributed by atoms with Gasteiger partial charge >= 0.3 is 6.03 Å². The van der Waals surface area contributed by atoms with E-state index in [1.165, 1.54) is 0 Å². The minimum absolute atomic E-state index is 0.0389. The first kappa shape index (κ1) is 17.6. The highest BCUT2D eigenvalue weighted by Crippen LogP contribution is 2.32. The van der Waals surface area contributed by atoms with Gasteiger partial charge in [-0.15, -0.1) is 0 Å². The van der Waals surface area contributed by atoms with Crippen molar-refractivity contribution in [2.45, 2.75) is 32.1 Å². The van der Waals surface area contributed by atoms with Gasteiger partial charge in [0.2, 0.25) is 6.79 Å². The lowest BCUT2D eigenvalue weighted by Gasteiger charge is -2.32. The maximum atomic E-state index is 12.5. The summed E-state index contributed by atoms with van der Waals surface area (Å²) < 4.78 is 16.6. The summed E-state index contributed by atoms with van der Waals surface area (Å²) in [5.74, 6) is 1.47. The molecule has 0 bridgehead atoms. The molecule has 0 spiro atoms. The van der Waals surface area contributed by atoms with E-state index in [0.717, 1.165) is 42.1 Å². The lowest BCUT2D eigenvalue weighted by Crippen LogP contribution is -2.47.